The minimum absolute atomic E-state index is 0.103. The molecule has 2 aliphatic heterocycles. The molecule has 1 N–H and O–H groups in total. The summed E-state index contributed by atoms with van der Waals surface area (Å²) in [5.74, 6) is -0.0715. The van der Waals surface area contributed by atoms with E-state index in [0.29, 0.717) is 17.9 Å². The van der Waals surface area contributed by atoms with E-state index in [0.717, 1.165) is 28.2 Å². The van der Waals surface area contributed by atoms with Crippen LogP contribution in [0.4, 0.5) is 0 Å². The van der Waals surface area contributed by atoms with Crippen molar-refractivity contribution >= 4 is 28.8 Å². The van der Waals surface area contributed by atoms with Gasteiger partial charge in [0.05, 0.1) is 31.9 Å². The predicted molar refractivity (Wildman–Crippen MR) is 121 cm³/mol. The van der Waals surface area contributed by atoms with E-state index in [9.17, 15) is 14.7 Å². The molecule has 2 aromatic carbocycles. The fraction of sp³-hybridized carbons (Fsp3) is 0.200. The molecule has 5 rings (SSSR count). The first-order valence-electron chi connectivity index (χ1n) is 10.3. The van der Waals surface area contributed by atoms with E-state index >= 15 is 0 Å². The normalized spacial score (nSPS) is 19.2. The summed E-state index contributed by atoms with van der Waals surface area (Å²) in [7, 11) is 1.57. The van der Waals surface area contributed by atoms with Gasteiger partial charge in [-0.15, -0.1) is 11.3 Å². The van der Waals surface area contributed by atoms with E-state index in [1.54, 1.807) is 19.2 Å². The zero-order chi connectivity index (χ0) is 22.2. The Balaban J connectivity index is 1.61. The highest BCUT2D eigenvalue weighted by Crippen LogP contribution is 2.43. The van der Waals surface area contributed by atoms with Crippen molar-refractivity contribution in [3.63, 3.8) is 0 Å². The number of aliphatic hydroxyl groups is 1. The summed E-state index contributed by atoms with van der Waals surface area (Å²) in [6.07, 6.45) is 0.743. The summed E-state index contributed by atoms with van der Waals surface area (Å²) in [6.45, 7) is 0.782. The number of hydrogen-bond donors (Lipinski definition) is 1. The van der Waals surface area contributed by atoms with Crippen LogP contribution in [0, 0.1) is 0 Å². The lowest BCUT2D eigenvalue weighted by atomic mass is 9.98. The Kier molecular flexibility index (Phi) is 5.19. The number of benzene rings is 2. The van der Waals surface area contributed by atoms with Gasteiger partial charge in [-0.3, -0.25) is 9.59 Å². The summed E-state index contributed by atoms with van der Waals surface area (Å²) in [6, 6.07) is 15.8. The lowest BCUT2D eigenvalue weighted by molar-refractivity contribution is -0.140. The number of likely N-dealkylation sites (tertiary alicyclic amines) is 1. The second-order valence-electron chi connectivity index (χ2n) is 7.68. The van der Waals surface area contributed by atoms with Crippen LogP contribution < -0.4 is 9.47 Å². The summed E-state index contributed by atoms with van der Waals surface area (Å²) in [5, 5.41) is 13.1. The van der Waals surface area contributed by atoms with Gasteiger partial charge in [0.25, 0.3) is 11.7 Å². The summed E-state index contributed by atoms with van der Waals surface area (Å²) < 4.78 is 11.0. The van der Waals surface area contributed by atoms with Crippen LogP contribution >= 0.6 is 11.3 Å². The molecule has 6 nitrogen and oxygen atoms in total. The molecule has 0 aliphatic carbocycles. The van der Waals surface area contributed by atoms with Crippen LogP contribution in [-0.4, -0.2) is 35.4 Å². The van der Waals surface area contributed by atoms with E-state index in [1.165, 1.54) is 16.2 Å². The number of aliphatic hydroxyl groups excluding tert-OH is 1. The number of methoxy groups -OCH3 is 1. The summed E-state index contributed by atoms with van der Waals surface area (Å²) >= 11 is 1.44. The number of carbonyl (C=O) groups excluding carboxylic acids is 2. The number of amides is 1. The van der Waals surface area contributed by atoms with Crippen molar-refractivity contribution in [3.05, 3.63) is 87.1 Å². The third kappa shape index (κ3) is 3.35. The number of carbonyl (C=O) groups is 2. The maximum Gasteiger partial charge on any atom is 0.295 e. The standard InChI is InChI=1S/C25H21NO5S/c1-30-18-6-3-2-5-17(18)14-26-22(20-7-4-12-32-20)21(24(28)25(26)29)23(27)16-8-9-19-15(13-16)10-11-31-19/h2-9,12-13,22,27H,10-11,14H2,1H3/b23-21-. The second kappa shape index (κ2) is 8.16. The first kappa shape index (κ1) is 20.3. The Hall–Kier alpha value is -3.58. The molecule has 162 valence electrons. The lowest BCUT2D eigenvalue weighted by Gasteiger charge is -2.25. The Bertz CT molecular complexity index is 1230. The number of ketones is 1. The van der Waals surface area contributed by atoms with E-state index in [-0.39, 0.29) is 17.9 Å². The average molecular weight is 448 g/mol. The molecule has 1 amide bonds. The summed E-state index contributed by atoms with van der Waals surface area (Å²) in [5.41, 5.74) is 2.37. The van der Waals surface area contributed by atoms with Crippen molar-refractivity contribution < 1.29 is 24.2 Å². The van der Waals surface area contributed by atoms with Crippen molar-refractivity contribution in [2.24, 2.45) is 0 Å². The second-order valence-corrected chi connectivity index (χ2v) is 8.65. The van der Waals surface area contributed by atoms with E-state index in [2.05, 4.69) is 0 Å². The van der Waals surface area contributed by atoms with Crippen LogP contribution in [0.2, 0.25) is 0 Å². The average Bonchev–Trinajstić information content (AvgIpc) is 3.55. The molecule has 3 heterocycles. The van der Waals surface area contributed by atoms with Crippen LogP contribution in [0.5, 0.6) is 11.5 Å². The van der Waals surface area contributed by atoms with Gasteiger partial charge >= 0.3 is 0 Å². The van der Waals surface area contributed by atoms with Gasteiger partial charge in [-0.2, -0.15) is 0 Å². The SMILES string of the molecule is COc1ccccc1CN1C(=O)C(=O)/C(=C(\O)c2ccc3c(c2)CCO3)C1c1cccs1. The van der Waals surface area contributed by atoms with Crippen molar-refractivity contribution in [2.75, 3.05) is 13.7 Å². The maximum atomic E-state index is 13.2. The molecule has 0 bridgehead atoms. The number of para-hydroxylation sites is 1. The topological polar surface area (TPSA) is 76.1 Å². The smallest absolute Gasteiger partial charge is 0.295 e. The van der Waals surface area contributed by atoms with Gasteiger partial charge in [-0.1, -0.05) is 24.3 Å². The number of Topliss-reactive ketones (excluding diaryl/α,β-unsaturated/α-hetero) is 1. The number of thiophene rings is 1. The Morgan fingerprint density at radius 1 is 1.19 bits per heavy atom. The Morgan fingerprint density at radius 3 is 2.81 bits per heavy atom. The van der Waals surface area contributed by atoms with E-state index in [4.69, 9.17) is 9.47 Å². The number of rotatable bonds is 5. The fourth-order valence-corrected chi connectivity index (χ4v) is 5.14. The molecule has 2 aliphatic rings. The van der Waals surface area contributed by atoms with Gasteiger partial charge in [-0.25, -0.2) is 0 Å². The van der Waals surface area contributed by atoms with Gasteiger partial charge in [0.15, 0.2) is 0 Å². The van der Waals surface area contributed by atoms with E-state index < -0.39 is 17.7 Å². The first-order chi connectivity index (χ1) is 15.6. The maximum absolute atomic E-state index is 13.2. The Morgan fingerprint density at radius 2 is 2.03 bits per heavy atom. The van der Waals surface area contributed by atoms with Crippen molar-refractivity contribution in [1.82, 2.24) is 4.90 Å². The molecule has 32 heavy (non-hydrogen) atoms. The molecule has 1 aromatic heterocycles. The monoisotopic (exact) mass is 447 g/mol. The molecular weight excluding hydrogens is 426 g/mol. The minimum atomic E-state index is -0.687. The molecule has 0 radical (unpaired) electrons. The van der Waals surface area contributed by atoms with Crippen LogP contribution in [0.15, 0.2) is 65.6 Å². The molecular formula is C25H21NO5S. The lowest BCUT2D eigenvalue weighted by Crippen LogP contribution is -2.29. The Labute approximate surface area is 189 Å². The summed E-state index contributed by atoms with van der Waals surface area (Å²) in [4.78, 5) is 28.6. The third-order valence-corrected chi connectivity index (χ3v) is 6.77. The molecule has 1 fully saturated rings. The fourth-order valence-electron chi connectivity index (χ4n) is 4.29. The van der Waals surface area contributed by atoms with Gasteiger partial charge in [0, 0.05) is 22.4 Å². The molecule has 1 saturated heterocycles. The number of ether oxygens (including phenoxy) is 2. The molecule has 1 atom stereocenters. The highest BCUT2D eigenvalue weighted by molar-refractivity contribution is 7.10. The zero-order valence-electron chi connectivity index (χ0n) is 17.4. The molecule has 0 saturated carbocycles. The number of nitrogens with zero attached hydrogens (tertiary/aromatic N) is 1. The van der Waals surface area contributed by atoms with Crippen molar-refractivity contribution in [2.45, 2.75) is 19.0 Å². The third-order valence-electron chi connectivity index (χ3n) is 5.85. The molecule has 7 heteroatoms. The highest BCUT2D eigenvalue weighted by Gasteiger charge is 2.46. The van der Waals surface area contributed by atoms with Crippen LogP contribution in [0.1, 0.15) is 27.6 Å². The van der Waals surface area contributed by atoms with E-state index in [1.807, 2.05) is 47.8 Å². The number of fused-ring (bicyclic) bond motifs is 1. The van der Waals surface area contributed by atoms with Gasteiger partial charge in [0.2, 0.25) is 0 Å². The molecule has 3 aromatic rings. The number of hydrogen-bond acceptors (Lipinski definition) is 6. The van der Waals surface area contributed by atoms with Gasteiger partial charge in [-0.05, 0) is 41.3 Å². The van der Waals surface area contributed by atoms with Crippen LogP contribution in [0.3, 0.4) is 0 Å². The van der Waals surface area contributed by atoms with Crippen molar-refractivity contribution in [1.29, 1.82) is 0 Å². The largest absolute Gasteiger partial charge is 0.507 e. The van der Waals surface area contributed by atoms with Gasteiger partial charge in [0.1, 0.15) is 17.3 Å². The van der Waals surface area contributed by atoms with Crippen LogP contribution in [-0.2, 0) is 22.6 Å². The first-order valence-corrected chi connectivity index (χ1v) is 11.2. The molecule has 1 unspecified atom stereocenters. The van der Waals surface area contributed by atoms with Crippen LogP contribution in [0.25, 0.3) is 5.76 Å². The predicted octanol–water partition coefficient (Wildman–Crippen LogP) is 4.31. The highest BCUT2D eigenvalue weighted by atomic mass is 32.1. The molecule has 0 spiro atoms. The minimum Gasteiger partial charge on any atom is -0.507 e. The van der Waals surface area contributed by atoms with Gasteiger partial charge < -0.3 is 19.5 Å². The quantitative estimate of drug-likeness (QED) is 0.358. The zero-order valence-corrected chi connectivity index (χ0v) is 18.2. The van der Waals surface area contributed by atoms with Crippen molar-refractivity contribution in [3.8, 4) is 11.5 Å².